The van der Waals surface area contributed by atoms with Crippen molar-refractivity contribution in [3.05, 3.63) is 65.0 Å². The molecule has 1 saturated heterocycles. The predicted molar refractivity (Wildman–Crippen MR) is 109 cm³/mol. The summed E-state index contributed by atoms with van der Waals surface area (Å²) in [6.45, 7) is 4.87. The summed E-state index contributed by atoms with van der Waals surface area (Å²) in [7, 11) is 0. The first-order chi connectivity index (χ1) is 13.6. The molecule has 1 fully saturated rings. The van der Waals surface area contributed by atoms with E-state index in [0.29, 0.717) is 19.5 Å². The average Bonchev–Trinajstić information content (AvgIpc) is 3.09. The van der Waals surface area contributed by atoms with Crippen LogP contribution in [0, 0.1) is 12.7 Å². The summed E-state index contributed by atoms with van der Waals surface area (Å²) in [6.07, 6.45) is 2.15. The first-order valence-corrected chi connectivity index (χ1v) is 10.1. The largest absolute Gasteiger partial charge is 0.353 e. The topological polar surface area (TPSA) is 49.3 Å². The van der Waals surface area contributed by atoms with E-state index in [4.69, 9.17) is 0 Å². The first kappa shape index (κ1) is 18.6. The van der Waals surface area contributed by atoms with Crippen LogP contribution in [0.3, 0.4) is 0 Å². The van der Waals surface area contributed by atoms with Crippen molar-refractivity contribution in [1.29, 1.82) is 0 Å². The molecule has 5 nitrogen and oxygen atoms in total. The lowest BCUT2D eigenvalue weighted by atomic mass is 10.2. The molecule has 0 bridgehead atoms. The fourth-order valence-electron chi connectivity index (χ4n) is 3.28. The minimum atomic E-state index is -0.266. The van der Waals surface area contributed by atoms with E-state index in [1.165, 1.54) is 23.5 Å². The monoisotopic (exact) mass is 396 g/mol. The number of carbonyl (C=O) groups is 1. The van der Waals surface area contributed by atoms with E-state index in [9.17, 15) is 9.18 Å². The Labute approximate surface area is 167 Å². The number of carbonyl (C=O) groups excluding carboxylic acids is 1. The third-order valence-corrected chi connectivity index (χ3v) is 6.11. The second-order valence-electron chi connectivity index (χ2n) is 6.77. The Kier molecular flexibility index (Phi) is 5.34. The summed E-state index contributed by atoms with van der Waals surface area (Å²) in [5.74, 6) is 0.812. The molecule has 0 unspecified atom stereocenters. The van der Waals surface area contributed by atoms with Crippen LogP contribution in [0.15, 0.2) is 48.7 Å². The van der Waals surface area contributed by atoms with Crippen LogP contribution < -0.4 is 4.90 Å². The van der Waals surface area contributed by atoms with Gasteiger partial charge in [-0.1, -0.05) is 6.07 Å². The lowest BCUT2D eigenvalue weighted by molar-refractivity contribution is -0.130. The molecule has 7 heteroatoms. The van der Waals surface area contributed by atoms with Crippen LogP contribution in [0.2, 0.25) is 0 Å². The van der Waals surface area contributed by atoms with Crippen molar-refractivity contribution in [2.75, 3.05) is 31.1 Å². The molecule has 2 aromatic heterocycles. The molecule has 1 amide bonds. The van der Waals surface area contributed by atoms with Crippen LogP contribution in [0.5, 0.6) is 0 Å². The molecular formula is C21H21FN4OS. The molecule has 0 spiro atoms. The van der Waals surface area contributed by atoms with Crippen molar-refractivity contribution in [3.63, 3.8) is 0 Å². The van der Waals surface area contributed by atoms with Gasteiger partial charge in [-0.2, -0.15) is 0 Å². The van der Waals surface area contributed by atoms with E-state index in [2.05, 4.69) is 14.9 Å². The lowest BCUT2D eigenvalue weighted by Crippen LogP contribution is -2.49. The zero-order valence-corrected chi connectivity index (χ0v) is 16.5. The van der Waals surface area contributed by atoms with Crippen molar-refractivity contribution < 1.29 is 9.18 Å². The van der Waals surface area contributed by atoms with Crippen LogP contribution in [0.1, 0.15) is 10.6 Å². The van der Waals surface area contributed by atoms with Gasteiger partial charge in [-0.05, 0) is 43.3 Å². The Bertz CT molecular complexity index is 950. The van der Waals surface area contributed by atoms with Gasteiger partial charge in [0.2, 0.25) is 5.91 Å². The molecule has 0 N–H and O–H groups in total. The van der Waals surface area contributed by atoms with Gasteiger partial charge in [0.05, 0.1) is 12.1 Å². The summed E-state index contributed by atoms with van der Waals surface area (Å²) in [4.78, 5) is 26.8. The Hall–Kier alpha value is -2.80. The molecular weight excluding hydrogens is 375 g/mol. The number of piperazine rings is 1. The summed E-state index contributed by atoms with van der Waals surface area (Å²) in [5, 5.41) is 0.820. The molecule has 1 aromatic carbocycles. The van der Waals surface area contributed by atoms with Crippen molar-refractivity contribution >= 4 is 23.1 Å². The number of pyridine rings is 1. The second kappa shape index (κ2) is 8.06. The molecule has 3 aromatic rings. The van der Waals surface area contributed by atoms with Gasteiger partial charge in [0.15, 0.2) is 0 Å². The summed E-state index contributed by atoms with van der Waals surface area (Å²) >= 11 is 1.51. The highest BCUT2D eigenvalue weighted by Gasteiger charge is 2.23. The smallest absolute Gasteiger partial charge is 0.228 e. The van der Waals surface area contributed by atoms with E-state index < -0.39 is 0 Å². The number of aromatic nitrogens is 2. The molecule has 3 heterocycles. The number of aryl methyl sites for hydroxylation is 1. The zero-order valence-electron chi connectivity index (χ0n) is 15.6. The first-order valence-electron chi connectivity index (χ1n) is 9.26. The van der Waals surface area contributed by atoms with Crippen LogP contribution in [0.25, 0.3) is 10.6 Å². The maximum Gasteiger partial charge on any atom is 0.228 e. The van der Waals surface area contributed by atoms with Gasteiger partial charge in [-0.3, -0.25) is 4.79 Å². The molecule has 0 saturated carbocycles. The van der Waals surface area contributed by atoms with Crippen molar-refractivity contribution in [2.45, 2.75) is 13.3 Å². The fourth-order valence-corrected chi connectivity index (χ4v) is 4.34. The van der Waals surface area contributed by atoms with E-state index in [1.54, 1.807) is 18.3 Å². The van der Waals surface area contributed by atoms with E-state index in [-0.39, 0.29) is 11.7 Å². The van der Waals surface area contributed by atoms with Gasteiger partial charge >= 0.3 is 0 Å². The van der Waals surface area contributed by atoms with Crippen LogP contribution in [0.4, 0.5) is 10.2 Å². The average molecular weight is 396 g/mol. The molecule has 0 radical (unpaired) electrons. The predicted octanol–water partition coefficient (Wildman–Crippen LogP) is 3.54. The fraction of sp³-hybridized carbons (Fsp3) is 0.286. The number of hydrogen-bond acceptors (Lipinski definition) is 5. The number of hydrogen-bond donors (Lipinski definition) is 0. The van der Waals surface area contributed by atoms with E-state index in [0.717, 1.165) is 40.0 Å². The maximum atomic E-state index is 13.1. The van der Waals surface area contributed by atoms with Gasteiger partial charge in [0, 0.05) is 42.8 Å². The van der Waals surface area contributed by atoms with E-state index in [1.807, 2.05) is 30.0 Å². The molecule has 4 rings (SSSR count). The quantitative estimate of drug-likeness (QED) is 0.677. The van der Waals surface area contributed by atoms with Crippen LogP contribution >= 0.6 is 11.3 Å². The molecule has 1 aliphatic rings. The summed E-state index contributed by atoms with van der Waals surface area (Å²) < 4.78 is 13.1. The molecule has 144 valence electrons. The number of amides is 1. The number of benzene rings is 1. The maximum absolute atomic E-state index is 13.1. The third-order valence-electron chi connectivity index (χ3n) is 4.90. The van der Waals surface area contributed by atoms with Gasteiger partial charge in [-0.15, -0.1) is 11.3 Å². The van der Waals surface area contributed by atoms with Crippen molar-refractivity contribution in [2.24, 2.45) is 0 Å². The molecule has 28 heavy (non-hydrogen) atoms. The van der Waals surface area contributed by atoms with Crippen molar-refractivity contribution in [1.82, 2.24) is 14.9 Å². The van der Waals surface area contributed by atoms with Crippen LogP contribution in [-0.4, -0.2) is 47.0 Å². The number of thiazole rings is 1. The highest BCUT2D eigenvalue weighted by Crippen LogP contribution is 2.28. The minimum Gasteiger partial charge on any atom is -0.353 e. The number of nitrogens with zero attached hydrogens (tertiary/aromatic N) is 4. The van der Waals surface area contributed by atoms with Crippen LogP contribution in [-0.2, 0) is 11.2 Å². The summed E-state index contributed by atoms with van der Waals surface area (Å²) in [6, 6.07) is 12.2. The number of rotatable bonds is 4. The Balaban J connectivity index is 1.38. The molecule has 0 aliphatic carbocycles. The second-order valence-corrected chi connectivity index (χ2v) is 7.85. The minimum absolute atomic E-state index is 0.123. The Morgan fingerprint density at radius 2 is 1.86 bits per heavy atom. The van der Waals surface area contributed by atoms with Gasteiger partial charge in [-0.25, -0.2) is 14.4 Å². The number of anilines is 1. The summed E-state index contributed by atoms with van der Waals surface area (Å²) in [5.41, 5.74) is 1.74. The highest BCUT2D eigenvalue weighted by molar-refractivity contribution is 7.15. The third kappa shape index (κ3) is 4.04. The normalized spacial score (nSPS) is 14.4. The lowest BCUT2D eigenvalue weighted by Gasteiger charge is -2.35. The van der Waals surface area contributed by atoms with Gasteiger partial charge < -0.3 is 9.80 Å². The van der Waals surface area contributed by atoms with E-state index >= 15 is 0 Å². The van der Waals surface area contributed by atoms with Crippen molar-refractivity contribution in [3.8, 4) is 10.6 Å². The SMILES string of the molecule is Cc1nc(-c2ccc(F)cc2)sc1CC(=O)N1CCN(c2ccccn2)CC1. The molecule has 1 aliphatic heterocycles. The zero-order chi connectivity index (χ0) is 19.5. The van der Waals surface area contributed by atoms with Gasteiger partial charge in [0.25, 0.3) is 0 Å². The number of halogens is 1. The highest BCUT2D eigenvalue weighted by atomic mass is 32.1. The Morgan fingerprint density at radius 3 is 2.54 bits per heavy atom. The Morgan fingerprint density at radius 1 is 1.11 bits per heavy atom. The van der Waals surface area contributed by atoms with Gasteiger partial charge in [0.1, 0.15) is 16.6 Å². The standard InChI is InChI=1S/C21H21FN4OS/c1-15-18(28-21(24-15)16-5-7-17(22)8-6-16)14-20(27)26-12-10-25(11-13-26)19-4-2-3-9-23-19/h2-9H,10-14H2,1H3. The molecule has 0 atom stereocenters.